The third-order valence-corrected chi connectivity index (χ3v) is 8.50. The normalized spacial score (nSPS) is 15.3. The molecule has 1 saturated heterocycles. The summed E-state index contributed by atoms with van der Waals surface area (Å²) in [5.41, 5.74) is 7.66. The second-order valence-corrected chi connectivity index (χ2v) is 12.0. The van der Waals surface area contributed by atoms with Crippen molar-refractivity contribution in [1.29, 1.82) is 0 Å². The minimum absolute atomic E-state index is 0.134. The fraction of sp³-hybridized carbons (Fsp3) is 0.360. The smallest absolute Gasteiger partial charge is 0.309 e. The summed E-state index contributed by atoms with van der Waals surface area (Å²) in [5, 5.41) is 4.39. The highest BCUT2D eigenvalue weighted by molar-refractivity contribution is 7.90. The maximum Gasteiger partial charge on any atom is 0.309 e. The number of furan rings is 1. The van der Waals surface area contributed by atoms with E-state index in [1.165, 1.54) is 16.8 Å². The van der Waals surface area contributed by atoms with Crippen LogP contribution in [0.1, 0.15) is 0 Å². The molecule has 0 bridgehead atoms. The van der Waals surface area contributed by atoms with Gasteiger partial charge in [-0.2, -0.15) is 14.1 Å². The van der Waals surface area contributed by atoms with Crippen molar-refractivity contribution in [2.45, 2.75) is 6.54 Å². The number of aromatic nitrogens is 5. The molecule has 0 radical (unpaired) electrons. The van der Waals surface area contributed by atoms with Crippen molar-refractivity contribution >= 4 is 50.1 Å². The van der Waals surface area contributed by atoms with E-state index >= 15 is 0 Å². The lowest BCUT2D eigenvalue weighted by molar-refractivity contribution is 0.248. The SMILES string of the molecule is C[S+](O)CCOc1ccc(N2CCN(CCn3c(=O)sc4c3nc(N)n3nc(-c5ccco5)nc43)CC2)c(F)c1. The van der Waals surface area contributed by atoms with Gasteiger partial charge in [-0.1, -0.05) is 11.3 Å². The molecule has 1 aliphatic heterocycles. The van der Waals surface area contributed by atoms with Gasteiger partial charge >= 0.3 is 4.87 Å². The average Bonchev–Trinajstić information content (AvgIpc) is 3.67. The molecule has 0 saturated carbocycles. The number of nitrogen functional groups attached to an aromatic ring is 1. The van der Waals surface area contributed by atoms with E-state index in [1.807, 2.05) is 4.90 Å². The number of halogens is 1. The Morgan fingerprint density at radius 1 is 1.18 bits per heavy atom. The van der Waals surface area contributed by atoms with Gasteiger partial charge in [0.25, 0.3) is 0 Å². The van der Waals surface area contributed by atoms with E-state index in [4.69, 9.17) is 14.9 Å². The van der Waals surface area contributed by atoms with Gasteiger partial charge in [-0.05, 0) is 24.3 Å². The second-order valence-electron chi connectivity index (χ2n) is 9.39. The number of benzene rings is 1. The lowest BCUT2D eigenvalue weighted by Gasteiger charge is -2.36. The van der Waals surface area contributed by atoms with Crippen molar-refractivity contribution < 1.29 is 18.1 Å². The molecule has 1 aliphatic rings. The minimum atomic E-state index is -0.706. The van der Waals surface area contributed by atoms with E-state index in [0.717, 1.165) is 24.4 Å². The Labute approximate surface area is 235 Å². The van der Waals surface area contributed by atoms with Gasteiger partial charge in [0.1, 0.15) is 40.3 Å². The molecule has 6 rings (SSSR count). The highest BCUT2D eigenvalue weighted by Crippen LogP contribution is 2.27. The summed E-state index contributed by atoms with van der Waals surface area (Å²) >= 11 is 0.359. The Hall–Kier alpha value is -3.66. The number of anilines is 2. The van der Waals surface area contributed by atoms with Gasteiger partial charge in [0.15, 0.2) is 22.8 Å². The molecule has 0 spiro atoms. The van der Waals surface area contributed by atoms with E-state index in [2.05, 4.69) is 20.0 Å². The minimum Gasteiger partial charge on any atom is -0.488 e. The molecule has 3 N–H and O–H groups in total. The molecule has 5 aromatic rings. The third kappa shape index (κ3) is 5.24. The summed E-state index contributed by atoms with van der Waals surface area (Å²) in [5.74, 6) is 1.63. The predicted octanol–water partition coefficient (Wildman–Crippen LogP) is 2.40. The first kappa shape index (κ1) is 26.6. The van der Waals surface area contributed by atoms with E-state index in [1.54, 1.807) is 35.1 Å². The summed E-state index contributed by atoms with van der Waals surface area (Å²) in [6.07, 6.45) is 3.26. The van der Waals surface area contributed by atoms with Crippen LogP contribution in [0.4, 0.5) is 16.0 Å². The highest BCUT2D eigenvalue weighted by Gasteiger charge is 2.23. The quantitative estimate of drug-likeness (QED) is 0.247. The monoisotopic (exact) mass is 587 g/mol. The number of hydrogen-bond acceptors (Lipinski definition) is 11. The summed E-state index contributed by atoms with van der Waals surface area (Å²) in [4.78, 5) is 26.1. The summed E-state index contributed by atoms with van der Waals surface area (Å²) < 4.78 is 38.8. The van der Waals surface area contributed by atoms with Gasteiger partial charge in [0.05, 0.1) is 12.0 Å². The van der Waals surface area contributed by atoms with Gasteiger partial charge in [-0.15, -0.1) is 5.10 Å². The molecule has 1 fully saturated rings. The molecule has 1 unspecified atom stereocenters. The zero-order chi connectivity index (χ0) is 27.8. The van der Waals surface area contributed by atoms with E-state index in [-0.39, 0.29) is 16.6 Å². The lowest BCUT2D eigenvalue weighted by atomic mass is 10.2. The molecule has 15 heteroatoms. The molecule has 12 nitrogen and oxygen atoms in total. The van der Waals surface area contributed by atoms with Crippen LogP contribution in [0.25, 0.3) is 27.6 Å². The molecule has 0 aliphatic carbocycles. The average molecular weight is 588 g/mol. The van der Waals surface area contributed by atoms with Crippen LogP contribution in [0.2, 0.25) is 0 Å². The predicted molar refractivity (Wildman–Crippen MR) is 154 cm³/mol. The molecule has 4 aromatic heterocycles. The van der Waals surface area contributed by atoms with Crippen molar-refractivity contribution in [3.63, 3.8) is 0 Å². The fourth-order valence-electron chi connectivity index (χ4n) is 4.70. The fourth-order valence-corrected chi connectivity index (χ4v) is 5.96. The Bertz CT molecular complexity index is 1690. The van der Waals surface area contributed by atoms with Crippen LogP contribution < -0.4 is 20.2 Å². The molecule has 0 amide bonds. The van der Waals surface area contributed by atoms with Crippen LogP contribution in [0, 0.1) is 5.82 Å². The number of nitrogens with zero attached hydrogens (tertiary/aromatic N) is 7. The van der Waals surface area contributed by atoms with Crippen molar-refractivity contribution in [3.8, 4) is 17.3 Å². The molecule has 1 aromatic carbocycles. The van der Waals surface area contributed by atoms with Crippen LogP contribution in [-0.4, -0.2) is 84.9 Å². The summed E-state index contributed by atoms with van der Waals surface area (Å²) in [6, 6.07) is 8.39. The summed E-state index contributed by atoms with van der Waals surface area (Å²) in [7, 11) is 0. The Kier molecular flexibility index (Phi) is 7.35. The van der Waals surface area contributed by atoms with Crippen LogP contribution in [-0.2, 0) is 17.7 Å². The maximum absolute atomic E-state index is 14.8. The van der Waals surface area contributed by atoms with E-state index in [0.29, 0.717) is 77.6 Å². The Balaban J connectivity index is 1.11. The molecular formula is C25H28FN8O4S2+. The number of rotatable bonds is 9. The van der Waals surface area contributed by atoms with Gasteiger partial charge in [0.2, 0.25) is 11.8 Å². The van der Waals surface area contributed by atoms with Crippen molar-refractivity contribution in [3.05, 3.63) is 52.1 Å². The van der Waals surface area contributed by atoms with Crippen molar-refractivity contribution in [1.82, 2.24) is 29.0 Å². The van der Waals surface area contributed by atoms with E-state index < -0.39 is 11.2 Å². The van der Waals surface area contributed by atoms with Gasteiger partial charge in [-0.3, -0.25) is 14.3 Å². The first-order valence-corrected chi connectivity index (χ1v) is 15.3. The van der Waals surface area contributed by atoms with Gasteiger partial charge in [0, 0.05) is 45.3 Å². The van der Waals surface area contributed by atoms with Crippen molar-refractivity contribution in [2.24, 2.45) is 0 Å². The molecule has 1 atom stereocenters. The number of nitrogens with two attached hydrogens (primary N) is 1. The zero-order valence-electron chi connectivity index (χ0n) is 21.7. The standard InChI is InChI=1S/C25H28FN8O4S2/c1-40(36)14-13-37-16-4-5-18(17(26)15-16)32-9-6-31(7-10-32)8-11-33-22-20(39-25(33)35)23-28-21(19-3-2-12-38-19)30-34(23)24(27)29-22/h2-5,12,15,36H,6-11,13-14H2,1H3,(H2,27,29)/q+1. The molecule has 210 valence electrons. The van der Waals surface area contributed by atoms with Crippen LogP contribution in [0.3, 0.4) is 0 Å². The third-order valence-electron chi connectivity index (χ3n) is 6.78. The zero-order valence-corrected chi connectivity index (χ0v) is 23.3. The number of fused-ring (bicyclic) bond motifs is 3. The topological polar surface area (TPSA) is 140 Å². The molecule has 5 heterocycles. The Morgan fingerprint density at radius 3 is 2.73 bits per heavy atom. The van der Waals surface area contributed by atoms with Crippen LogP contribution >= 0.6 is 11.3 Å². The molecular weight excluding hydrogens is 559 g/mol. The van der Waals surface area contributed by atoms with Crippen LogP contribution in [0.15, 0.2) is 45.8 Å². The lowest BCUT2D eigenvalue weighted by Crippen LogP contribution is -2.47. The summed E-state index contributed by atoms with van der Waals surface area (Å²) in [6.45, 7) is 4.17. The second kappa shape index (κ2) is 11.1. The number of thiazole rings is 1. The van der Waals surface area contributed by atoms with E-state index in [9.17, 15) is 13.7 Å². The first-order valence-electron chi connectivity index (χ1n) is 12.7. The van der Waals surface area contributed by atoms with Gasteiger partial charge in [-0.25, -0.2) is 9.37 Å². The van der Waals surface area contributed by atoms with Crippen LogP contribution in [0.5, 0.6) is 5.75 Å². The number of piperazine rings is 1. The van der Waals surface area contributed by atoms with Gasteiger partial charge < -0.3 is 19.8 Å². The number of ether oxygens (including phenoxy) is 1. The largest absolute Gasteiger partial charge is 0.488 e. The van der Waals surface area contributed by atoms with Crippen molar-refractivity contribution in [2.75, 3.05) is 62.0 Å². The molecule has 40 heavy (non-hydrogen) atoms. The Morgan fingerprint density at radius 2 is 2.00 bits per heavy atom. The highest BCUT2D eigenvalue weighted by atomic mass is 32.2. The first-order chi connectivity index (χ1) is 19.4. The maximum atomic E-state index is 14.8. The number of hydrogen-bond donors (Lipinski definition) is 2.